The van der Waals surface area contributed by atoms with E-state index in [9.17, 15) is 9.18 Å². The quantitative estimate of drug-likeness (QED) is 0.832. The number of nitrogens with zero attached hydrogens (tertiary/aromatic N) is 1. The second-order valence-corrected chi connectivity index (χ2v) is 3.90. The van der Waals surface area contributed by atoms with Crippen molar-refractivity contribution in [3.05, 3.63) is 45.2 Å². The first-order valence-corrected chi connectivity index (χ1v) is 5.34. The molecule has 0 saturated heterocycles. The lowest BCUT2D eigenvalue weighted by molar-refractivity contribution is 0.425. The van der Waals surface area contributed by atoms with Crippen molar-refractivity contribution in [3.63, 3.8) is 0 Å². The summed E-state index contributed by atoms with van der Waals surface area (Å²) in [4.78, 5) is 17.4. The van der Waals surface area contributed by atoms with Gasteiger partial charge in [-0.3, -0.25) is 4.79 Å². The average Bonchev–Trinajstić information content (AvgIpc) is 2.29. The van der Waals surface area contributed by atoms with Crippen LogP contribution in [0, 0.1) is 5.82 Å². The number of hydrogen-bond acceptors (Lipinski definition) is 4. The van der Waals surface area contributed by atoms with Crippen molar-refractivity contribution in [1.29, 1.82) is 0 Å². The number of halogens is 2. The lowest BCUT2D eigenvalue weighted by Gasteiger charge is -2.08. The maximum Gasteiger partial charge on any atom is 0.268 e. The minimum Gasteiger partial charge on any atom is -0.432 e. The van der Waals surface area contributed by atoms with Gasteiger partial charge in [-0.25, -0.2) is 9.37 Å². The van der Waals surface area contributed by atoms with Crippen LogP contribution in [0.1, 0.15) is 0 Å². The number of nitrogens with one attached hydrogen (secondary N) is 1. The van der Waals surface area contributed by atoms with Crippen LogP contribution in [0.15, 0.2) is 33.8 Å². The molecule has 3 N–H and O–H groups in total. The van der Waals surface area contributed by atoms with Gasteiger partial charge >= 0.3 is 0 Å². The summed E-state index contributed by atoms with van der Waals surface area (Å²) in [6.45, 7) is 0. The molecule has 0 unspecified atom stereocenters. The number of aromatic nitrogens is 2. The Bertz CT molecular complexity index is 594. The van der Waals surface area contributed by atoms with Crippen molar-refractivity contribution in [2.24, 2.45) is 0 Å². The zero-order valence-electron chi connectivity index (χ0n) is 8.41. The number of rotatable bonds is 2. The van der Waals surface area contributed by atoms with Gasteiger partial charge in [-0.05, 0) is 28.1 Å². The summed E-state index contributed by atoms with van der Waals surface area (Å²) in [6, 6.07) is 4.14. The second-order valence-electron chi connectivity index (χ2n) is 3.11. The molecule has 17 heavy (non-hydrogen) atoms. The van der Waals surface area contributed by atoms with Crippen LogP contribution >= 0.6 is 15.9 Å². The van der Waals surface area contributed by atoms with Gasteiger partial charge < -0.3 is 15.5 Å². The van der Waals surface area contributed by atoms with Gasteiger partial charge in [0.1, 0.15) is 4.47 Å². The van der Waals surface area contributed by atoms with Gasteiger partial charge in [-0.2, -0.15) is 0 Å². The monoisotopic (exact) mass is 299 g/mol. The van der Waals surface area contributed by atoms with E-state index in [1.54, 1.807) is 0 Å². The molecule has 0 saturated carbocycles. The zero-order chi connectivity index (χ0) is 12.4. The Morgan fingerprint density at radius 2 is 2.24 bits per heavy atom. The molecule has 1 aromatic carbocycles. The van der Waals surface area contributed by atoms with Crippen LogP contribution in [0.3, 0.4) is 0 Å². The topological polar surface area (TPSA) is 81.0 Å². The second kappa shape index (κ2) is 4.54. The molecule has 1 heterocycles. The number of aromatic amines is 1. The molecular weight excluding hydrogens is 293 g/mol. The molecule has 0 aliphatic heterocycles. The zero-order valence-corrected chi connectivity index (χ0v) is 9.99. The van der Waals surface area contributed by atoms with E-state index >= 15 is 0 Å². The van der Waals surface area contributed by atoms with E-state index in [4.69, 9.17) is 10.5 Å². The van der Waals surface area contributed by atoms with Crippen LogP contribution in [0.5, 0.6) is 11.6 Å². The van der Waals surface area contributed by atoms with Crippen LogP contribution in [0.4, 0.5) is 10.1 Å². The highest BCUT2D eigenvalue weighted by Gasteiger charge is 2.13. The third-order valence-corrected chi connectivity index (χ3v) is 2.66. The van der Waals surface area contributed by atoms with Gasteiger partial charge in [-0.15, -0.1) is 0 Å². The molecule has 0 spiro atoms. The fourth-order valence-corrected chi connectivity index (χ4v) is 1.47. The highest BCUT2D eigenvalue weighted by molar-refractivity contribution is 9.10. The van der Waals surface area contributed by atoms with E-state index in [0.717, 1.165) is 6.33 Å². The number of para-hydroxylation sites is 1. The van der Waals surface area contributed by atoms with E-state index in [0.29, 0.717) is 0 Å². The molecule has 0 bridgehead atoms. The fraction of sp³-hybridized carbons (Fsp3) is 0. The molecule has 0 radical (unpaired) electrons. The Kier molecular flexibility index (Phi) is 3.10. The molecule has 7 heteroatoms. The van der Waals surface area contributed by atoms with Gasteiger partial charge in [0.2, 0.25) is 5.88 Å². The lowest BCUT2D eigenvalue weighted by Crippen LogP contribution is -2.09. The van der Waals surface area contributed by atoms with Crippen LogP contribution in [-0.2, 0) is 0 Å². The van der Waals surface area contributed by atoms with E-state index in [1.165, 1.54) is 18.2 Å². The maximum atomic E-state index is 13.4. The SMILES string of the molecule is Nc1cccc(F)c1Oc1nc[nH]c(=O)c1Br. The summed E-state index contributed by atoms with van der Waals surface area (Å²) in [7, 11) is 0. The van der Waals surface area contributed by atoms with Crippen molar-refractivity contribution in [2.75, 3.05) is 5.73 Å². The lowest BCUT2D eigenvalue weighted by atomic mass is 10.3. The molecular formula is C10H7BrFN3O2. The van der Waals surface area contributed by atoms with E-state index in [1.807, 2.05) is 0 Å². The molecule has 0 aliphatic carbocycles. The molecule has 88 valence electrons. The van der Waals surface area contributed by atoms with E-state index in [2.05, 4.69) is 25.9 Å². The molecule has 2 rings (SSSR count). The van der Waals surface area contributed by atoms with Crippen molar-refractivity contribution >= 4 is 21.6 Å². The largest absolute Gasteiger partial charge is 0.432 e. The number of ether oxygens (including phenoxy) is 1. The number of H-pyrrole nitrogens is 1. The molecule has 5 nitrogen and oxygen atoms in total. The molecule has 0 amide bonds. The molecule has 1 aromatic heterocycles. The predicted molar refractivity (Wildman–Crippen MR) is 63.4 cm³/mol. The third kappa shape index (κ3) is 2.28. The number of hydrogen-bond donors (Lipinski definition) is 2. The van der Waals surface area contributed by atoms with Crippen LogP contribution in [0.2, 0.25) is 0 Å². The first-order valence-electron chi connectivity index (χ1n) is 4.54. The number of anilines is 1. The standard InChI is InChI=1S/C10H7BrFN3O2/c11-7-9(16)14-4-15-10(7)17-8-5(12)2-1-3-6(8)13/h1-4H,13H2,(H,14,15,16). The molecule has 0 fully saturated rings. The maximum absolute atomic E-state index is 13.4. The van der Waals surface area contributed by atoms with Gasteiger partial charge in [0.15, 0.2) is 11.6 Å². The predicted octanol–water partition coefficient (Wildman–Crippen LogP) is 2.05. The summed E-state index contributed by atoms with van der Waals surface area (Å²) < 4.78 is 18.7. The average molecular weight is 300 g/mol. The molecule has 2 aromatic rings. The smallest absolute Gasteiger partial charge is 0.268 e. The third-order valence-electron chi connectivity index (χ3n) is 1.96. The molecule has 0 aliphatic rings. The summed E-state index contributed by atoms with van der Waals surface area (Å²) in [5.74, 6) is -0.837. The normalized spacial score (nSPS) is 10.2. The molecule has 0 atom stereocenters. The minimum absolute atomic E-state index is 0.0504. The van der Waals surface area contributed by atoms with Gasteiger partial charge in [-0.1, -0.05) is 6.07 Å². The van der Waals surface area contributed by atoms with E-state index in [-0.39, 0.29) is 21.8 Å². The van der Waals surface area contributed by atoms with Crippen molar-refractivity contribution in [1.82, 2.24) is 9.97 Å². The number of nitrogens with two attached hydrogens (primary N) is 1. The Balaban J connectivity index is 2.45. The Morgan fingerprint density at radius 3 is 2.94 bits per heavy atom. The Labute approximate surface area is 104 Å². The van der Waals surface area contributed by atoms with Gasteiger partial charge in [0.25, 0.3) is 5.56 Å². The number of benzene rings is 1. The number of nitrogen functional groups attached to an aromatic ring is 1. The van der Waals surface area contributed by atoms with Crippen molar-refractivity contribution < 1.29 is 9.13 Å². The van der Waals surface area contributed by atoms with Crippen LogP contribution < -0.4 is 16.0 Å². The van der Waals surface area contributed by atoms with Crippen LogP contribution in [-0.4, -0.2) is 9.97 Å². The van der Waals surface area contributed by atoms with Crippen LogP contribution in [0.25, 0.3) is 0 Å². The highest BCUT2D eigenvalue weighted by Crippen LogP contribution is 2.31. The van der Waals surface area contributed by atoms with Crippen molar-refractivity contribution in [2.45, 2.75) is 0 Å². The Morgan fingerprint density at radius 1 is 1.47 bits per heavy atom. The summed E-state index contributed by atoms with van der Waals surface area (Å²) in [5, 5.41) is 0. The van der Waals surface area contributed by atoms with Gasteiger partial charge in [0.05, 0.1) is 12.0 Å². The minimum atomic E-state index is -0.626. The van der Waals surface area contributed by atoms with Gasteiger partial charge in [0, 0.05) is 0 Å². The summed E-state index contributed by atoms with van der Waals surface area (Å²) in [5.41, 5.74) is 5.26. The van der Waals surface area contributed by atoms with Crippen molar-refractivity contribution in [3.8, 4) is 11.6 Å². The highest BCUT2D eigenvalue weighted by atomic mass is 79.9. The van der Waals surface area contributed by atoms with E-state index < -0.39 is 11.4 Å². The summed E-state index contributed by atoms with van der Waals surface area (Å²) >= 11 is 2.99. The Hall–Kier alpha value is -1.89. The first kappa shape index (κ1) is 11.6. The first-order chi connectivity index (χ1) is 8.09. The summed E-state index contributed by atoms with van der Waals surface area (Å²) in [6.07, 6.45) is 1.15. The fourth-order valence-electron chi connectivity index (χ4n) is 1.17.